The van der Waals surface area contributed by atoms with Gasteiger partial charge in [-0.15, -0.1) is 0 Å². The summed E-state index contributed by atoms with van der Waals surface area (Å²) in [5, 5.41) is 0. The first-order valence-corrected chi connectivity index (χ1v) is 7.61. The van der Waals surface area contributed by atoms with Gasteiger partial charge in [0.15, 0.2) is 0 Å². The molecule has 3 aliphatic rings. The second kappa shape index (κ2) is 3.86. The molecular formula is C17H26O2. The molecule has 3 rings (SSSR count). The molecule has 0 spiro atoms. The van der Waals surface area contributed by atoms with E-state index in [2.05, 4.69) is 33.8 Å². The molecule has 0 N–H and O–H groups in total. The van der Waals surface area contributed by atoms with E-state index in [1.54, 1.807) is 12.5 Å². The Morgan fingerprint density at radius 1 is 1.32 bits per heavy atom. The minimum atomic E-state index is -0.114. The van der Waals surface area contributed by atoms with E-state index >= 15 is 0 Å². The van der Waals surface area contributed by atoms with Gasteiger partial charge in [-0.1, -0.05) is 32.4 Å². The summed E-state index contributed by atoms with van der Waals surface area (Å²) in [4.78, 5) is 11.4. The Bertz CT molecular complexity index is 448. The van der Waals surface area contributed by atoms with Crippen molar-refractivity contribution >= 4 is 5.97 Å². The van der Waals surface area contributed by atoms with Gasteiger partial charge in [-0.25, -0.2) is 0 Å². The van der Waals surface area contributed by atoms with Crippen LogP contribution in [0.15, 0.2) is 11.6 Å². The van der Waals surface area contributed by atoms with Crippen LogP contribution in [-0.4, -0.2) is 12.1 Å². The Balaban J connectivity index is 1.94. The van der Waals surface area contributed by atoms with Gasteiger partial charge in [-0.3, -0.25) is 4.79 Å². The number of hydrogen-bond donors (Lipinski definition) is 0. The maximum Gasteiger partial charge on any atom is 0.302 e. The molecular weight excluding hydrogens is 236 g/mol. The summed E-state index contributed by atoms with van der Waals surface area (Å²) in [6.07, 6.45) is 6.05. The summed E-state index contributed by atoms with van der Waals surface area (Å²) in [6.45, 7) is 11.0. The zero-order valence-corrected chi connectivity index (χ0v) is 12.8. The van der Waals surface area contributed by atoms with Crippen molar-refractivity contribution in [3.8, 4) is 0 Å². The van der Waals surface area contributed by atoms with Gasteiger partial charge in [0, 0.05) is 12.8 Å². The minimum absolute atomic E-state index is 0.114. The van der Waals surface area contributed by atoms with Crippen LogP contribution in [0, 0.1) is 28.6 Å². The van der Waals surface area contributed by atoms with Crippen molar-refractivity contribution in [2.75, 3.05) is 0 Å². The number of esters is 1. The highest BCUT2D eigenvalue weighted by atomic mass is 16.5. The SMILES string of the molecule is CC(=O)O[C@H]1C[C@@]2(C)CCC=C(C)C2[C@H]2[C@@H]1C2(C)C. The second-order valence-electron chi connectivity index (χ2n) is 7.84. The third kappa shape index (κ3) is 1.79. The average molecular weight is 262 g/mol. The smallest absolute Gasteiger partial charge is 0.302 e. The fourth-order valence-corrected chi connectivity index (χ4v) is 5.39. The molecule has 0 aromatic rings. The molecule has 2 heteroatoms. The third-order valence-corrected chi connectivity index (χ3v) is 6.16. The van der Waals surface area contributed by atoms with Gasteiger partial charge in [-0.2, -0.15) is 0 Å². The summed E-state index contributed by atoms with van der Waals surface area (Å²) in [6, 6.07) is 0. The van der Waals surface area contributed by atoms with Crippen LogP contribution in [-0.2, 0) is 9.53 Å². The first-order valence-electron chi connectivity index (χ1n) is 7.61. The molecule has 0 saturated heterocycles. The molecule has 5 atom stereocenters. The van der Waals surface area contributed by atoms with Crippen molar-refractivity contribution in [1.29, 1.82) is 0 Å². The zero-order chi connectivity index (χ0) is 14.0. The lowest BCUT2D eigenvalue weighted by Gasteiger charge is -2.47. The van der Waals surface area contributed by atoms with Gasteiger partial charge in [0.05, 0.1) is 0 Å². The molecule has 0 amide bonds. The summed E-state index contributed by atoms with van der Waals surface area (Å²) < 4.78 is 5.67. The predicted octanol–water partition coefficient (Wildman–Crippen LogP) is 3.96. The van der Waals surface area contributed by atoms with Crippen LogP contribution in [0.3, 0.4) is 0 Å². The molecule has 106 valence electrons. The van der Waals surface area contributed by atoms with Crippen molar-refractivity contribution in [2.24, 2.45) is 28.6 Å². The number of hydrogen-bond acceptors (Lipinski definition) is 2. The maximum absolute atomic E-state index is 11.4. The van der Waals surface area contributed by atoms with Crippen molar-refractivity contribution in [1.82, 2.24) is 0 Å². The lowest BCUT2D eigenvalue weighted by atomic mass is 9.59. The molecule has 2 nitrogen and oxygen atoms in total. The van der Waals surface area contributed by atoms with E-state index < -0.39 is 0 Å². The maximum atomic E-state index is 11.4. The van der Waals surface area contributed by atoms with Gasteiger partial charge in [0.2, 0.25) is 0 Å². The average Bonchev–Trinajstić information content (AvgIpc) is 2.80. The van der Waals surface area contributed by atoms with Gasteiger partial charge in [0.25, 0.3) is 0 Å². The summed E-state index contributed by atoms with van der Waals surface area (Å²) in [7, 11) is 0. The second-order valence-corrected chi connectivity index (χ2v) is 7.84. The molecule has 0 radical (unpaired) electrons. The number of allylic oxidation sites excluding steroid dienone is 2. The molecule has 0 bridgehead atoms. The number of carbonyl (C=O) groups excluding carboxylic acids is 1. The van der Waals surface area contributed by atoms with Gasteiger partial charge < -0.3 is 4.74 Å². The summed E-state index contributed by atoms with van der Waals surface area (Å²) in [5.41, 5.74) is 2.23. The van der Waals surface area contributed by atoms with Crippen LogP contribution in [0.25, 0.3) is 0 Å². The number of fused-ring (bicyclic) bond motifs is 3. The van der Waals surface area contributed by atoms with Gasteiger partial charge in [-0.05, 0) is 48.9 Å². The predicted molar refractivity (Wildman–Crippen MR) is 75.5 cm³/mol. The lowest BCUT2D eigenvalue weighted by molar-refractivity contribution is -0.152. The molecule has 1 unspecified atom stereocenters. The minimum Gasteiger partial charge on any atom is -0.462 e. The monoisotopic (exact) mass is 262 g/mol. The van der Waals surface area contributed by atoms with Crippen molar-refractivity contribution in [2.45, 2.75) is 60.0 Å². The van der Waals surface area contributed by atoms with Gasteiger partial charge in [0.1, 0.15) is 6.10 Å². The quantitative estimate of drug-likeness (QED) is 0.528. The highest BCUT2D eigenvalue weighted by Crippen LogP contribution is 2.73. The van der Waals surface area contributed by atoms with E-state index in [4.69, 9.17) is 4.74 Å². The normalized spacial score (nSPS) is 46.7. The first kappa shape index (κ1) is 13.2. The fraction of sp³-hybridized carbons (Fsp3) is 0.824. The molecule has 19 heavy (non-hydrogen) atoms. The van der Waals surface area contributed by atoms with E-state index in [1.807, 2.05) is 0 Å². The van der Waals surface area contributed by atoms with Crippen LogP contribution in [0.1, 0.15) is 53.9 Å². The van der Waals surface area contributed by atoms with E-state index in [0.29, 0.717) is 28.6 Å². The Kier molecular flexibility index (Phi) is 2.69. The standard InChI is InChI=1S/C17H26O2/c1-10-7-6-8-17(5)9-12(19-11(2)18)14-15(13(10)17)16(14,3)4/h7,12-15H,6,8-9H2,1-5H3/t12-,13?,14+,15-,17+/m0/s1. The Labute approximate surface area is 116 Å². The van der Waals surface area contributed by atoms with Crippen LogP contribution in [0.2, 0.25) is 0 Å². The Morgan fingerprint density at radius 3 is 2.63 bits per heavy atom. The summed E-state index contributed by atoms with van der Waals surface area (Å²) in [5.74, 6) is 1.85. The van der Waals surface area contributed by atoms with Crippen molar-refractivity contribution < 1.29 is 9.53 Å². The lowest BCUT2D eigenvalue weighted by Crippen LogP contribution is -2.42. The largest absolute Gasteiger partial charge is 0.462 e. The van der Waals surface area contributed by atoms with Crippen LogP contribution < -0.4 is 0 Å². The van der Waals surface area contributed by atoms with E-state index in [9.17, 15) is 4.79 Å². The molecule has 0 aromatic heterocycles. The van der Waals surface area contributed by atoms with Crippen LogP contribution in [0.5, 0.6) is 0 Å². The zero-order valence-electron chi connectivity index (χ0n) is 12.8. The number of rotatable bonds is 1. The highest BCUT2D eigenvalue weighted by molar-refractivity contribution is 5.66. The number of ether oxygens (including phenoxy) is 1. The number of carbonyl (C=O) groups is 1. The van der Waals surface area contributed by atoms with Crippen molar-refractivity contribution in [3.63, 3.8) is 0 Å². The first-order chi connectivity index (χ1) is 8.77. The van der Waals surface area contributed by atoms with E-state index in [0.717, 1.165) is 6.42 Å². The Hall–Kier alpha value is -0.790. The molecule has 0 aromatic carbocycles. The third-order valence-electron chi connectivity index (χ3n) is 6.16. The van der Waals surface area contributed by atoms with E-state index in [-0.39, 0.29) is 12.1 Å². The molecule has 2 fully saturated rings. The van der Waals surface area contributed by atoms with Crippen LogP contribution >= 0.6 is 0 Å². The molecule has 2 saturated carbocycles. The highest BCUT2D eigenvalue weighted by Gasteiger charge is 2.71. The fourth-order valence-electron chi connectivity index (χ4n) is 5.39. The van der Waals surface area contributed by atoms with E-state index in [1.165, 1.54) is 12.8 Å². The summed E-state index contributed by atoms with van der Waals surface area (Å²) >= 11 is 0. The van der Waals surface area contributed by atoms with Crippen molar-refractivity contribution in [3.05, 3.63) is 11.6 Å². The molecule has 3 aliphatic carbocycles. The Morgan fingerprint density at radius 2 is 2.00 bits per heavy atom. The molecule has 0 heterocycles. The molecule has 0 aliphatic heterocycles. The van der Waals surface area contributed by atoms with Gasteiger partial charge >= 0.3 is 5.97 Å². The van der Waals surface area contributed by atoms with Crippen LogP contribution in [0.4, 0.5) is 0 Å². The topological polar surface area (TPSA) is 26.3 Å².